The lowest BCUT2D eigenvalue weighted by molar-refractivity contribution is 0.172. The predicted octanol–water partition coefficient (Wildman–Crippen LogP) is 6.18. The van der Waals surface area contributed by atoms with Crippen molar-refractivity contribution in [2.75, 3.05) is 26.2 Å². The second-order valence-corrected chi connectivity index (χ2v) is 8.00. The van der Waals surface area contributed by atoms with Gasteiger partial charge in [0, 0.05) is 32.2 Å². The Hall–Kier alpha value is -3.08. The monoisotopic (exact) mass is 414 g/mol. The van der Waals surface area contributed by atoms with Gasteiger partial charge in [0.2, 0.25) is 0 Å². The quantitative estimate of drug-likeness (QED) is 0.446. The first-order chi connectivity index (χ1) is 15.2. The first-order valence-electron chi connectivity index (χ1n) is 10.9. The number of hydrogen-bond acceptors (Lipinski definition) is 4. The van der Waals surface area contributed by atoms with Crippen LogP contribution in [0.2, 0.25) is 0 Å². The van der Waals surface area contributed by atoms with Crippen molar-refractivity contribution in [2.45, 2.75) is 19.4 Å². The molecule has 1 fully saturated rings. The number of rotatable bonds is 8. The summed E-state index contributed by atoms with van der Waals surface area (Å²) in [7, 11) is 0. The van der Waals surface area contributed by atoms with Crippen molar-refractivity contribution < 1.29 is 9.47 Å². The van der Waals surface area contributed by atoms with E-state index < -0.39 is 0 Å². The van der Waals surface area contributed by atoms with E-state index in [0.717, 1.165) is 49.8 Å². The highest BCUT2D eigenvalue weighted by Gasteiger charge is 2.24. The van der Waals surface area contributed by atoms with Gasteiger partial charge in [-0.2, -0.15) is 0 Å². The van der Waals surface area contributed by atoms with Gasteiger partial charge in [0.15, 0.2) is 11.5 Å². The fraction of sp³-hybridized carbons (Fsp3) is 0.259. The summed E-state index contributed by atoms with van der Waals surface area (Å²) in [5.41, 5.74) is 2.40. The van der Waals surface area contributed by atoms with Crippen molar-refractivity contribution in [3.05, 3.63) is 96.6 Å². The molecule has 3 aromatic rings. The molecule has 1 atom stereocenters. The Kier molecular flexibility index (Phi) is 7.03. The Balaban J connectivity index is 1.68. The Morgan fingerprint density at radius 3 is 2.03 bits per heavy atom. The summed E-state index contributed by atoms with van der Waals surface area (Å²) in [6.45, 7) is 10.3. The fourth-order valence-corrected chi connectivity index (χ4v) is 3.91. The molecule has 0 aliphatic carbocycles. The Morgan fingerprint density at radius 2 is 1.45 bits per heavy atom. The number of para-hydroxylation sites is 2. The normalized spacial score (nSPS) is 15.3. The van der Waals surface area contributed by atoms with Gasteiger partial charge in [-0.15, -0.1) is 6.58 Å². The van der Waals surface area contributed by atoms with E-state index in [1.807, 2.05) is 66.7 Å². The van der Waals surface area contributed by atoms with Crippen molar-refractivity contribution in [2.24, 2.45) is 0 Å². The van der Waals surface area contributed by atoms with Crippen LogP contribution in [0.25, 0.3) is 0 Å². The molecule has 0 saturated carbocycles. The van der Waals surface area contributed by atoms with Crippen LogP contribution in [0.3, 0.4) is 0 Å². The Labute approximate surface area is 185 Å². The van der Waals surface area contributed by atoms with Crippen LogP contribution in [-0.2, 0) is 0 Å². The Morgan fingerprint density at radius 1 is 0.871 bits per heavy atom. The number of nitrogens with one attached hydrogen (secondary N) is 1. The number of piperazine rings is 1. The van der Waals surface area contributed by atoms with Gasteiger partial charge in [0.05, 0.1) is 0 Å². The zero-order valence-electron chi connectivity index (χ0n) is 18.1. The average Bonchev–Trinajstić information content (AvgIpc) is 2.80. The molecule has 0 radical (unpaired) electrons. The summed E-state index contributed by atoms with van der Waals surface area (Å²) in [6.07, 6.45) is 0.920. The average molecular weight is 415 g/mol. The van der Waals surface area contributed by atoms with Gasteiger partial charge in [-0.1, -0.05) is 48.0 Å². The number of benzene rings is 3. The molecule has 160 valence electrons. The molecule has 3 aromatic carbocycles. The molecular weight excluding hydrogens is 384 g/mol. The summed E-state index contributed by atoms with van der Waals surface area (Å²) in [5.74, 6) is 2.99. The number of hydrogen-bond donors (Lipinski definition) is 1. The first-order valence-corrected chi connectivity index (χ1v) is 10.9. The zero-order chi connectivity index (χ0) is 21.5. The smallest absolute Gasteiger partial charge is 0.170 e. The standard InChI is InChI=1S/C27H30N2O2/c1-21(2)19-25(29-17-15-28-16-18-29)22-13-14-26(30-23-9-5-3-6-10-23)27(20-22)31-24-11-7-4-8-12-24/h3-14,20,25,28H,1,15-19H2,2H3/t25-/m1/s1. The third kappa shape index (κ3) is 5.75. The van der Waals surface area contributed by atoms with Crippen molar-refractivity contribution in [1.82, 2.24) is 10.2 Å². The van der Waals surface area contributed by atoms with Gasteiger partial charge in [-0.25, -0.2) is 0 Å². The van der Waals surface area contributed by atoms with E-state index in [1.165, 1.54) is 11.1 Å². The van der Waals surface area contributed by atoms with E-state index in [0.29, 0.717) is 5.75 Å². The van der Waals surface area contributed by atoms with Crippen LogP contribution in [0.5, 0.6) is 23.0 Å². The lowest BCUT2D eigenvalue weighted by Crippen LogP contribution is -2.45. The van der Waals surface area contributed by atoms with Gasteiger partial charge >= 0.3 is 0 Å². The van der Waals surface area contributed by atoms with E-state index in [2.05, 4.69) is 35.9 Å². The maximum absolute atomic E-state index is 6.29. The molecule has 1 aliphatic rings. The summed E-state index contributed by atoms with van der Waals surface area (Å²) in [4.78, 5) is 2.53. The molecule has 4 heteroatoms. The zero-order valence-corrected chi connectivity index (χ0v) is 18.1. The molecule has 31 heavy (non-hydrogen) atoms. The first kappa shape index (κ1) is 21.2. The van der Waals surface area contributed by atoms with E-state index in [1.54, 1.807) is 0 Å². The van der Waals surface area contributed by atoms with Crippen LogP contribution in [0.15, 0.2) is 91.0 Å². The molecule has 4 nitrogen and oxygen atoms in total. The third-order valence-electron chi connectivity index (χ3n) is 5.43. The minimum absolute atomic E-state index is 0.267. The lowest BCUT2D eigenvalue weighted by atomic mass is 9.97. The van der Waals surface area contributed by atoms with Gasteiger partial charge in [0.1, 0.15) is 11.5 Å². The van der Waals surface area contributed by atoms with Gasteiger partial charge in [0.25, 0.3) is 0 Å². The van der Waals surface area contributed by atoms with Crippen LogP contribution in [0, 0.1) is 0 Å². The van der Waals surface area contributed by atoms with Crippen LogP contribution in [0.1, 0.15) is 24.9 Å². The summed E-state index contributed by atoms with van der Waals surface area (Å²) in [6, 6.07) is 26.2. The van der Waals surface area contributed by atoms with Crippen LogP contribution in [-0.4, -0.2) is 31.1 Å². The number of ether oxygens (including phenoxy) is 2. The second-order valence-electron chi connectivity index (χ2n) is 8.00. The minimum atomic E-state index is 0.267. The topological polar surface area (TPSA) is 33.7 Å². The molecule has 1 heterocycles. The van der Waals surface area contributed by atoms with Gasteiger partial charge in [-0.3, -0.25) is 4.90 Å². The van der Waals surface area contributed by atoms with E-state index >= 15 is 0 Å². The SMILES string of the molecule is C=C(C)C[C@H](c1ccc(Oc2ccccc2)c(Oc2ccccc2)c1)N1CCNCC1. The predicted molar refractivity (Wildman–Crippen MR) is 126 cm³/mol. The number of nitrogens with zero attached hydrogens (tertiary/aromatic N) is 1. The lowest BCUT2D eigenvalue weighted by Gasteiger charge is -2.35. The molecule has 0 spiro atoms. The molecule has 1 N–H and O–H groups in total. The minimum Gasteiger partial charge on any atom is -0.453 e. The second kappa shape index (κ2) is 10.3. The van der Waals surface area contributed by atoms with E-state index in [9.17, 15) is 0 Å². The molecule has 1 aliphatic heterocycles. The summed E-state index contributed by atoms with van der Waals surface area (Å²) < 4.78 is 12.5. The van der Waals surface area contributed by atoms with Crippen LogP contribution < -0.4 is 14.8 Å². The van der Waals surface area contributed by atoms with Crippen molar-refractivity contribution in [3.8, 4) is 23.0 Å². The van der Waals surface area contributed by atoms with E-state index in [-0.39, 0.29) is 6.04 Å². The van der Waals surface area contributed by atoms with Gasteiger partial charge in [-0.05, 0) is 55.3 Å². The highest BCUT2D eigenvalue weighted by Crippen LogP contribution is 2.39. The van der Waals surface area contributed by atoms with Crippen molar-refractivity contribution >= 4 is 0 Å². The fourth-order valence-electron chi connectivity index (χ4n) is 3.91. The Bertz CT molecular complexity index is 983. The van der Waals surface area contributed by atoms with E-state index in [4.69, 9.17) is 9.47 Å². The van der Waals surface area contributed by atoms with Gasteiger partial charge < -0.3 is 14.8 Å². The van der Waals surface area contributed by atoms with Crippen LogP contribution in [0.4, 0.5) is 0 Å². The maximum Gasteiger partial charge on any atom is 0.170 e. The molecule has 0 unspecified atom stereocenters. The maximum atomic E-state index is 6.29. The summed E-state index contributed by atoms with van der Waals surface area (Å²) in [5, 5.41) is 3.45. The molecule has 0 aromatic heterocycles. The molecule has 0 amide bonds. The van der Waals surface area contributed by atoms with Crippen molar-refractivity contribution in [3.63, 3.8) is 0 Å². The summed E-state index contributed by atoms with van der Waals surface area (Å²) >= 11 is 0. The largest absolute Gasteiger partial charge is 0.453 e. The molecule has 1 saturated heterocycles. The molecule has 4 rings (SSSR count). The van der Waals surface area contributed by atoms with Crippen molar-refractivity contribution in [1.29, 1.82) is 0 Å². The highest BCUT2D eigenvalue weighted by atomic mass is 16.5. The highest BCUT2D eigenvalue weighted by molar-refractivity contribution is 5.48. The third-order valence-corrected chi connectivity index (χ3v) is 5.43. The molecular formula is C27H30N2O2. The van der Waals surface area contributed by atoms with Crippen LogP contribution >= 0.6 is 0 Å². The molecule has 0 bridgehead atoms.